The van der Waals surface area contributed by atoms with Crippen LogP contribution in [0.4, 0.5) is 0 Å². The van der Waals surface area contributed by atoms with E-state index in [9.17, 15) is 0 Å². The molecule has 1 aromatic heterocycles. The maximum atomic E-state index is 6.44. The molecular formula is C26H33NO2Si. The number of hydrogen-bond acceptors (Lipinski definition) is 3. The molecule has 0 bridgehead atoms. The van der Waals surface area contributed by atoms with Gasteiger partial charge in [0.05, 0.1) is 18.7 Å². The molecule has 0 aliphatic rings. The zero-order chi connectivity index (χ0) is 21.6. The average molecular weight is 420 g/mol. The van der Waals surface area contributed by atoms with Gasteiger partial charge in [-0.1, -0.05) is 57.5 Å². The van der Waals surface area contributed by atoms with Crippen molar-refractivity contribution in [3.63, 3.8) is 0 Å². The molecule has 0 amide bonds. The normalized spacial score (nSPS) is 12.8. The quantitative estimate of drug-likeness (QED) is 0.280. The number of aryl methyl sites for hydroxylation is 2. The molecule has 0 aliphatic carbocycles. The number of hydrogen-bond donors (Lipinski definition) is 0. The number of ether oxygens (including phenoxy) is 1. The Labute approximate surface area is 183 Å². The molecule has 0 saturated carbocycles. The lowest BCUT2D eigenvalue weighted by atomic mass is 10.00. The van der Waals surface area contributed by atoms with E-state index in [4.69, 9.17) is 14.1 Å². The van der Waals surface area contributed by atoms with E-state index in [0.717, 1.165) is 42.6 Å². The Balaban J connectivity index is 1.65. The molecule has 3 nitrogen and oxygen atoms in total. The van der Waals surface area contributed by atoms with Gasteiger partial charge >= 0.3 is 0 Å². The van der Waals surface area contributed by atoms with Gasteiger partial charge in [-0.25, -0.2) is 0 Å². The van der Waals surface area contributed by atoms with Gasteiger partial charge in [0.2, 0.25) is 9.76 Å². The summed E-state index contributed by atoms with van der Waals surface area (Å²) in [6.45, 7) is 8.74. The molecule has 1 heterocycles. The van der Waals surface area contributed by atoms with Crippen molar-refractivity contribution in [3.8, 4) is 5.75 Å². The molecule has 2 aromatic carbocycles. The van der Waals surface area contributed by atoms with Crippen molar-refractivity contribution in [3.05, 3.63) is 71.4 Å². The molecule has 1 atom stereocenters. The topological polar surface area (TPSA) is 31.4 Å². The van der Waals surface area contributed by atoms with Gasteiger partial charge in [-0.2, -0.15) is 0 Å². The molecule has 4 heteroatoms. The van der Waals surface area contributed by atoms with Crippen LogP contribution in [-0.4, -0.2) is 21.9 Å². The van der Waals surface area contributed by atoms with Crippen LogP contribution in [-0.2, 0) is 10.8 Å². The Morgan fingerprint density at radius 3 is 2.40 bits per heavy atom. The number of benzene rings is 2. The number of pyridine rings is 1. The van der Waals surface area contributed by atoms with Gasteiger partial charge in [0, 0.05) is 11.1 Å². The van der Waals surface area contributed by atoms with Gasteiger partial charge < -0.3 is 9.16 Å². The van der Waals surface area contributed by atoms with Crippen molar-refractivity contribution in [2.24, 2.45) is 0 Å². The van der Waals surface area contributed by atoms with Crippen molar-refractivity contribution in [2.45, 2.75) is 64.5 Å². The molecule has 1 unspecified atom stereocenters. The van der Waals surface area contributed by atoms with Gasteiger partial charge in [-0.05, 0) is 66.6 Å². The lowest BCUT2D eigenvalue weighted by molar-refractivity contribution is 0.193. The first-order chi connectivity index (χ1) is 14.3. The first-order valence-electron chi connectivity index (χ1n) is 10.8. The maximum Gasteiger partial charge on any atom is 0.236 e. The number of unbranched alkanes of at least 4 members (excludes halogenated alkanes) is 1. The summed E-state index contributed by atoms with van der Waals surface area (Å²) in [5.41, 5.74) is 4.70. The molecule has 3 aromatic rings. The summed E-state index contributed by atoms with van der Waals surface area (Å²) in [4.78, 5) is 4.71. The largest absolute Gasteiger partial charge is 0.497 e. The highest BCUT2D eigenvalue weighted by molar-refractivity contribution is 6.31. The fraction of sp³-hybridized carbons (Fsp3) is 0.423. The standard InChI is InChI=1S/C26H33NO2Si/c1-19-10-13-21-14-15-22(18-24(21)27-19)25(29-30-26(2,3)4)9-7-6-8-20-11-16-23(28-5)17-12-20/h10-18,25H,6-9H2,1-5H3. The number of rotatable bonds is 9. The van der Waals surface area contributed by atoms with Crippen LogP contribution >= 0.6 is 0 Å². The highest BCUT2D eigenvalue weighted by Crippen LogP contribution is 2.30. The molecule has 0 fully saturated rings. The second-order valence-corrected chi connectivity index (χ2v) is 10.9. The maximum absolute atomic E-state index is 6.44. The van der Waals surface area contributed by atoms with Gasteiger partial charge in [-0.3, -0.25) is 4.98 Å². The van der Waals surface area contributed by atoms with Crippen LogP contribution in [0, 0.1) is 6.92 Å². The van der Waals surface area contributed by atoms with E-state index in [-0.39, 0.29) is 11.1 Å². The van der Waals surface area contributed by atoms with Crippen molar-refractivity contribution in [1.29, 1.82) is 0 Å². The Morgan fingerprint density at radius 1 is 0.967 bits per heavy atom. The summed E-state index contributed by atoms with van der Waals surface area (Å²) in [6.07, 6.45) is 4.50. The summed E-state index contributed by atoms with van der Waals surface area (Å²) in [7, 11) is 2.18. The third kappa shape index (κ3) is 6.68. The first kappa shape index (κ1) is 22.5. The first-order valence-corrected chi connectivity index (χ1v) is 11.7. The van der Waals surface area contributed by atoms with E-state index in [0.29, 0.717) is 9.76 Å². The van der Waals surface area contributed by atoms with Crippen LogP contribution in [0.3, 0.4) is 0 Å². The van der Waals surface area contributed by atoms with Crippen molar-refractivity contribution in [2.75, 3.05) is 7.11 Å². The SMILES string of the molecule is COc1ccc(CCCCC(O[Si]C(C)(C)C)c2ccc3ccc(C)nc3c2)cc1. The van der Waals surface area contributed by atoms with E-state index in [1.165, 1.54) is 16.5 Å². The van der Waals surface area contributed by atoms with Gasteiger partial charge in [0.1, 0.15) is 5.75 Å². The average Bonchev–Trinajstić information content (AvgIpc) is 2.72. The zero-order valence-corrected chi connectivity index (χ0v) is 19.9. The van der Waals surface area contributed by atoms with Crippen LogP contribution in [0.1, 0.15) is 63.0 Å². The number of methoxy groups -OCH3 is 1. The minimum atomic E-state index is 0.116. The molecule has 3 rings (SSSR count). The Kier molecular flexibility index (Phi) is 7.67. The van der Waals surface area contributed by atoms with E-state index < -0.39 is 0 Å². The highest BCUT2D eigenvalue weighted by atomic mass is 28.2. The van der Waals surface area contributed by atoms with Crippen molar-refractivity contribution in [1.82, 2.24) is 4.98 Å². The van der Waals surface area contributed by atoms with Crippen molar-refractivity contribution < 1.29 is 9.16 Å². The zero-order valence-electron chi connectivity index (χ0n) is 18.9. The monoisotopic (exact) mass is 419 g/mol. The Bertz CT molecular complexity index is 947. The lowest BCUT2D eigenvalue weighted by Gasteiger charge is -2.23. The number of nitrogens with zero attached hydrogens (tertiary/aromatic N) is 1. The summed E-state index contributed by atoms with van der Waals surface area (Å²) < 4.78 is 11.7. The van der Waals surface area contributed by atoms with Crippen LogP contribution in [0.5, 0.6) is 5.75 Å². The summed E-state index contributed by atoms with van der Waals surface area (Å²) in [6, 6.07) is 19.2. The van der Waals surface area contributed by atoms with E-state index in [1.807, 2.05) is 19.1 Å². The Hall–Kier alpha value is -2.17. The number of aromatic nitrogens is 1. The third-order valence-corrected chi connectivity index (χ3v) is 6.09. The van der Waals surface area contributed by atoms with Crippen LogP contribution < -0.4 is 4.74 Å². The summed E-state index contributed by atoms with van der Waals surface area (Å²) in [5.74, 6) is 0.913. The fourth-order valence-corrected chi connectivity index (χ4v) is 4.18. The van der Waals surface area contributed by atoms with E-state index in [1.54, 1.807) is 7.11 Å². The predicted octanol–water partition coefficient (Wildman–Crippen LogP) is 6.86. The predicted molar refractivity (Wildman–Crippen MR) is 126 cm³/mol. The molecule has 0 saturated heterocycles. The Morgan fingerprint density at radius 2 is 1.70 bits per heavy atom. The smallest absolute Gasteiger partial charge is 0.236 e. The van der Waals surface area contributed by atoms with Crippen LogP contribution in [0.2, 0.25) is 5.04 Å². The molecule has 30 heavy (non-hydrogen) atoms. The minimum absolute atomic E-state index is 0.116. The lowest BCUT2D eigenvalue weighted by Crippen LogP contribution is -2.16. The second kappa shape index (κ2) is 10.2. The second-order valence-electron chi connectivity index (χ2n) is 8.96. The molecule has 0 N–H and O–H groups in total. The van der Waals surface area contributed by atoms with Gasteiger partial charge in [0.15, 0.2) is 0 Å². The third-order valence-electron chi connectivity index (χ3n) is 5.08. The summed E-state index contributed by atoms with van der Waals surface area (Å²) >= 11 is 0. The fourth-order valence-electron chi connectivity index (χ4n) is 3.43. The van der Waals surface area contributed by atoms with Crippen LogP contribution in [0.15, 0.2) is 54.6 Å². The molecule has 158 valence electrons. The van der Waals surface area contributed by atoms with Gasteiger partial charge in [-0.15, -0.1) is 0 Å². The van der Waals surface area contributed by atoms with E-state index in [2.05, 4.69) is 63.2 Å². The highest BCUT2D eigenvalue weighted by Gasteiger charge is 2.19. The van der Waals surface area contributed by atoms with Gasteiger partial charge in [0.25, 0.3) is 0 Å². The van der Waals surface area contributed by atoms with E-state index >= 15 is 0 Å². The van der Waals surface area contributed by atoms with Crippen LogP contribution in [0.25, 0.3) is 10.9 Å². The molecule has 0 spiro atoms. The molecule has 2 radical (unpaired) electrons. The molecular weight excluding hydrogens is 386 g/mol. The summed E-state index contributed by atoms with van der Waals surface area (Å²) in [5, 5.41) is 1.36. The molecule has 0 aliphatic heterocycles. The minimum Gasteiger partial charge on any atom is -0.497 e. The number of fused-ring (bicyclic) bond motifs is 1. The van der Waals surface area contributed by atoms with Crippen molar-refractivity contribution >= 4 is 20.7 Å².